The van der Waals surface area contributed by atoms with E-state index in [4.69, 9.17) is 16.3 Å². The third-order valence-electron chi connectivity index (χ3n) is 2.73. The predicted octanol–water partition coefficient (Wildman–Crippen LogP) is 2.38. The topological polar surface area (TPSA) is 64.4 Å². The third kappa shape index (κ3) is 3.08. The standard InChI is InChI=1S/C11H13ClN2O3/c12-10-6-9(14(15)16)3-4-11(10)17-7-8-2-1-5-13-8/h3-4,6,8,13H,1-2,5,7H2/t8-/m1/s1. The summed E-state index contributed by atoms with van der Waals surface area (Å²) in [5.41, 5.74) is -0.0265. The number of hydrogen-bond acceptors (Lipinski definition) is 4. The summed E-state index contributed by atoms with van der Waals surface area (Å²) in [4.78, 5) is 10.0. The molecule has 5 nitrogen and oxygen atoms in total. The molecule has 0 aliphatic carbocycles. The molecule has 1 aliphatic heterocycles. The van der Waals surface area contributed by atoms with Crippen molar-refractivity contribution in [1.29, 1.82) is 0 Å². The van der Waals surface area contributed by atoms with E-state index in [-0.39, 0.29) is 10.7 Å². The van der Waals surface area contributed by atoms with Crippen molar-refractivity contribution in [1.82, 2.24) is 5.32 Å². The van der Waals surface area contributed by atoms with E-state index in [1.807, 2.05) is 0 Å². The van der Waals surface area contributed by atoms with Crippen molar-refractivity contribution in [2.45, 2.75) is 18.9 Å². The molecule has 0 bridgehead atoms. The molecule has 92 valence electrons. The van der Waals surface area contributed by atoms with Crippen LogP contribution in [0.1, 0.15) is 12.8 Å². The summed E-state index contributed by atoms with van der Waals surface area (Å²) in [5.74, 6) is 0.492. The van der Waals surface area contributed by atoms with Crippen LogP contribution in [0.4, 0.5) is 5.69 Å². The van der Waals surface area contributed by atoms with Gasteiger partial charge >= 0.3 is 0 Å². The average molecular weight is 257 g/mol. The highest BCUT2D eigenvalue weighted by molar-refractivity contribution is 6.32. The van der Waals surface area contributed by atoms with Gasteiger partial charge < -0.3 is 10.1 Å². The fourth-order valence-corrected chi connectivity index (χ4v) is 2.04. The average Bonchev–Trinajstić information content (AvgIpc) is 2.80. The third-order valence-corrected chi connectivity index (χ3v) is 3.02. The summed E-state index contributed by atoms with van der Waals surface area (Å²) in [7, 11) is 0. The second-order valence-electron chi connectivity index (χ2n) is 3.98. The number of hydrogen-bond donors (Lipinski definition) is 1. The van der Waals surface area contributed by atoms with Crippen molar-refractivity contribution < 1.29 is 9.66 Å². The number of halogens is 1. The van der Waals surface area contributed by atoms with E-state index in [9.17, 15) is 10.1 Å². The molecule has 1 aliphatic rings. The minimum atomic E-state index is -0.478. The number of nitrogens with one attached hydrogen (secondary N) is 1. The maximum absolute atomic E-state index is 10.5. The Morgan fingerprint density at radius 2 is 2.41 bits per heavy atom. The monoisotopic (exact) mass is 256 g/mol. The molecule has 1 aromatic carbocycles. The molecular formula is C11H13ClN2O3. The van der Waals surface area contributed by atoms with Gasteiger partial charge in [-0.05, 0) is 25.5 Å². The molecule has 0 saturated carbocycles. The molecule has 1 atom stereocenters. The minimum absolute atomic E-state index is 0.0265. The van der Waals surface area contributed by atoms with Gasteiger partial charge in [-0.25, -0.2) is 0 Å². The van der Waals surface area contributed by atoms with Crippen molar-refractivity contribution in [2.75, 3.05) is 13.2 Å². The minimum Gasteiger partial charge on any atom is -0.490 e. The maximum Gasteiger partial charge on any atom is 0.271 e. The van der Waals surface area contributed by atoms with Crippen LogP contribution in [-0.2, 0) is 0 Å². The van der Waals surface area contributed by atoms with Crippen LogP contribution < -0.4 is 10.1 Å². The van der Waals surface area contributed by atoms with Gasteiger partial charge in [0.15, 0.2) is 0 Å². The lowest BCUT2D eigenvalue weighted by molar-refractivity contribution is -0.384. The highest BCUT2D eigenvalue weighted by atomic mass is 35.5. The van der Waals surface area contributed by atoms with Crippen LogP contribution in [0.3, 0.4) is 0 Å². The predicted molar refractivity (Wildman–Crippen MR) is 64.6 cm³/mol. The molecule has 1 aromatic rings. The smallest absolute Gasteiger partial charge is 0.271 e. The maximum atomic E-state index is 10.5. The fourth-order valence-electron chi connectivity index (χ4n) is 1.81. The quantitative estimate of drug-likeness (QED) is 0.664. The summed E-state index contributed by atoms with van der Waals surface area (Å²) in [6, 6.07) is 4.58. The van der Waals surface area contributed by atoms with Gasteiger partial charge in [-0.15, -0.1) is 0 Å². The van der Waals surface area contributed by atoms with Gasteiger partial charge in [0.25, 0.3) is 5.69 Å². The molecule has 1 saturated heterocycles. The molecule has 0 spiro atoms. The van der Waals surface area contributed by atoms with E-state index < -0.39 is 4.92 Å². The van der Waals surface area contributed by atoms with E-state index in [0.29, 0.717) is 18.4 Å². The Labute approximate surface area is 104 Å². The van der Waals surface area contributed by atoms with Gasteiger partial charge in [-0.1, -0.05) is 11.6 Å². The summed E-state index contributed by atoms with van der Waals surface area (Å²) in [6.45, 7) is 1.56. The van der Waals surface area contributed by atoms with Crippen molar-refractivity contribution in [3.8, 4) is 5.75 Å². The van der Waals surface area contributed by atoms with Crippen molar-refractivity contribution >= 4 is 17.3 Å². The molecule has 1 fully saturated rings. The first-order valence-corrected chi connectivity index (χ1v) is 5.85. The Hall–Kier alpha value is -1.33. The number of nitro groups is 1. The van der Waals surface area contributed by atoms with Crippen molar-refractivity contribution in [3.05, 3.63) is 33.3 Å². The zero-order valence-electron chi connectivity index (χ0n) is 9.19. The summed E-state index contributed by atoms with van der Waals surface area (Å²) >= 11 is 5.91. The first-order valence-electron chi connectivity index (χ1n) is 5.47. The Bertz CT molecular complexity index is 419. The van der Waals surface area contributed by atoms with Crippen LogP contribution in [-0.4, -0.2) is 24.1 Å². The Morgan fingerprint density at radius 1 is 1.59 bits per heavy atom. The first-order chi connectivity index (χ1) is 8.16. The van der Waals surface area contributed by atoms with Gasteiger partial charge in [0.1, 0.15) is 12.4 Å². The van der Waals surface area contributed by atoms with Crippen LogP contribution in [0.5, 0.6) is 5.75 Å². The molecule has 0 radical (unpaired) electrons. The fraction of sp³-hybridized carbons (Fsp3) is 0.455. The molecule has 1 N–H and O–H groups in total. The number of non-ortho nitro benzene ring substituents is 1. The SMILES string of the molecule is O=[N+]([O-])c1ccc(OC[C@H]2CCCN2)c(Cl)c1. The molecule has 0 amide bonds. The molecule has 6 heteroatoms. The Kier molecular flexibility index (Phi) is 3.81. The van der Waals surface area contributed by atoms with Gasteiger partial charge in [0, 0.05) is 18.2 Å². The normalized spacial score (nSPS) is 19.2. The van der Waals surface area contributed by atoms with E-state index in [1.165, 1.54) is 18.2 Å². The van der Waals surface area contributed by atoms with Crippen LogP contribution >= 0.6 is 11.6 Å². The van der Waals surface area contributed by atoms with Gasteiger partial charge in [0.2, 0.25) is 0 Å². The summed E-state index contributed by atoms with van der Waals surface area (Å²) in [5, 5.41) is 14.1. The van der Waals surface area contributed by atoms with E-state index >= 15 is 0 Å². The van der Waals surface area contributed by atoms with Crippen molar-refractivity contribution in [2.24, 2.45) is 0 Å². The molecule has 0 unspecified atom stereocenters. The highest BCUT2D eigenvalue weighted by Crippen LogP contribution is 2.28. The van der Waals surface area contributed by atoms with Gasteiger partial charge in [-0.2, -0.15) is 0 Å². The van der Waals surface area contributed by atoms with Crippen LogP contribution in [0, 0.1) is 10.1 Å². The number of rotatable bonds is 4. The number of nitrogens with zero attached hydrogens (tertiary/aromatic N) is 1. The second kappa shape index (κ2) is 5.33. The lowest BCUT2D eigenvalue weighted by atomic mass is 10.2. The summed E-state index contributed by atoms with van der Waals surface area (Å²) < 4.78 is 5.54. The van der Waals surface area contributed by atoms with Crippen molar-refractivity contribution in [3.63, 3.8) is 0 Å². The van der Waals surface area contributed by atoms with Crippen LogP contribution in [0.25, 0.3) is 0 Å². The van der Waals surface area contributed by atoms with E-state index in [1.54, 1.807) is 0 Å². The van der Waals surface area contributed by atoms with Crippen LogP contribution in [0.15, 0.2) is 18.2 Å². The molecule has 17 heavy (non-hydrogen) atoms. The lowest BCUT2D eigenvalue weighted by Gasteiger charge is -2.12. The van der Waals surface area contributed by atoms with Gasteiger partial charge in [0.05, 0.1) is 9.95 Å². The zero-order chi connectivity index (χ0) is 12.3. The Morgan fingerprint density at radius 3 is 3.00 bits per heavy atom. The lowest BCUT2D eigenvalue weighted by Crippen LogP contribution is -2.28. The molecule has 1 heterocycles. The van der Waals surface area contributed by atoms with E-state index in [2.05, 4.69) is 5.32 Å². The first kappa shape index (κ1) is 12.1. The van der Waals surface area contributed by atoms with Gasteiger partial charge in [-0.3, -0.25) is 10.1 Å². The number of ether oxygens (including phenoxy) is 1. The van der Waals surface area contributed by atoms with E-state index in [0.717, 1.165) is 19.4 Å². The largest absolute Gasteiger partial charge is 0.490 e. The second-order valence-corrected chi connectivity index (χ2v) is 4.38. The summed E-state index contributed by atoms with van der Waals surface area (Å²) in [6.07, 6.45) is 2.24. The molecule has 0 aromatic heterocycles. The zero-order valence-corrected chi connectivity index (χ0v) is 9.94. The van der Waals surface area contributed by atoms with Crippen LogP contribution in [0.2, 0.25) is 5.02 Å². The molecule has 2 rings (SSSR count). The molecular weight excluding hydrogens is 244 g/mol. The highest BCUT2D eigenvalue weighted by Gasteiger charge is 2.16. The number of nitro benzene ring substituents is 1. The number of benzene rings is 1. The Balaban J connectivity index is 1.98.